The maximum Gasteiger partial charge on any atom is 0.408 e. The van der Waals surface area contributed by atoms with Gasteiger partial charge in [-0.1, -0.05) is 41.9 Å². The number of ether oxygens (including phenoxy) is 1. The number of carbonyl (C=O) groups excluding carboxylic acids is 1. The molecule has 0 saturated heterocycles. The highest BCUT2D eigenvalue weighted by Gasteiger charge is 2.30. The summed E-state index contributed by atoms with van der Waals surface area (Å²) in [6, 6.07) is 8.22. The van der Waals surface area contributed by atoms with Crippen molar-refractivity contribution in [2.75, 3.05) is 6.54 Å². The summed E-state index contributed by atoms with van der Waals surface area (Å²) in [5.74, 6) is 0. The van der Waals surface area contributed by atoms with Gasteiger partial charge >= 0.3 is 6.09 Å². The first-order valence-corrected chi connectivity index (χ1v) is 8.95. The van der Waals surface area contributed by atoms with Gasteiger partial charge in [-0.15, -0.1) is 0 Å². The summed E-state index contributed by atoms with van der Waals surface area (Å²) in [6.45, 7) is 11.3. The summed E-state index contributed by atoms with van der Waals surface area (Å²) in [6.07, 6.45) is 1.33. The highest BCUT2D eigenvalue weighted by atomic mass is 79.9. The molecule has 0 spiro atoms. The van der Waals surface area contributed by atoms with E-state index >= 15 is 0 Å². The second-order valence-corrected chi connectivity index (χ2v) is 7.76. The van der Waals surface area contributed by atoms with E-state index in [1.165, 1.54) is 5.56 Å². The molecular weight excluding hydrogens is 356 g/mol. The molecule has 1 amide bonds. The zero-order chi connectivity index (χ0) is 17.5. The van der Waals surface area contributed by atoms with Crippen molar-refractivity contribution in [2.24, 2.45) is 0 Å². The van der Waals surface area contributed by atoms with E-state index in [1.807, 2.05) is 32.9 Å². The van der Waals surface area contributed by atoms with Crippen LogP contribution in [0.15, 0.2) is 28.7 Å². The van der Waals surface area contributed by atoms with Gasteiger partial charge in [0, 0.05) is 17.6 Å². The zero-order valence-electron chi connectivity index (χ0n) is 14.8. The molecule has 0 aliphatic heterocycles. The molecule has 0 fully saturated rings. The smallest absolute Gasteiger partial charge is 0.408 e. The molecule has 0 unspecified atom stereocenters. The fraction of sp³-hybridized carbons (Fsp3) is 0.611. The van der Waals surface area contributed by atoms with Crippen molar-refractivity contribution in [3.63, 3.8) is 0 Å². The number of nitrogens with one attached hydrogen (secondary N) is 2. The van der Waals surface area contributed by atoms with Crippen molar-refractivity contribution >= 4 is 22.0 Å². The minimum Gasteiger partial charge on any atom is -0.444 e. The van der Waals surface area contributed by atoms with E-state index in [0.29, 0.717) is 6.54 Å². The normalized spacial score (nSPS) is 12.1. The maximum absolute atomic E-state index is 12.1. The van der Waals surface area contributed by atoms with Crippen LogP contribution in [0, 0.1) is 0 Å². The summed E-state index contributed by atoms with van der Waals surface area (Å²) in [5, 5.41) is 6.50. The standard InChI is InChI=1S/C18H29BrN2O2/c1-6-18(7-2,21-16(22)23-17(3,4)5)13-20-12-14-8-10-15(19)11-9-14/h8-11,20H,6-7,12-13H2,1-5H3,(H,21,22). The van der Waals surface area contributed by atoms with Crippen LogP contribution in [-0.2, 0) is 11.3 Å². The predicted molar refractivity (Wildman–Crippen MR) is 98.5 cm³/mol. The zero-order valence-corrected chi connectivity index (χ0v) is 16.4. The van der Waals surface area contributed by atoms with E-state index in [2.05, 4.69) is 52.5 Å². The third-order valence-corrected chi connectivity index (χ3v) is 4.35. The molecule has 0 aliphatic rings. The van der Waals surface area contributed by atoms with Crippen molar-refractivity contribution in [2.45, 2.75) is 65.1 Å². The molecule has 1 aromatic rings. The van der Waals surface area contributed by atoms with Crippen molar-refractivity contribution in [1.82, 2.24) is 10.6 Å². The lowest BCUT2D eigenvalue weighted by Crippen LogP contribution is -2.55. The number of benzene rings is 1. The highest BCUT2D eigenvalue weighted by Crippen LogP contribution is 2.17. The number of amides is 1. The minimum atomic E-state index is -0.484. The number of carbonyl (C=O) groups is 1. The van der Waals surface area contributed by atoms with Crippen LogP contribution in [0.5, 0.6) is 0 Å². The second-order valence-electron chi connectivity index (χ2n) is 6.84. The van der Waals surface area contributed by atoms with Crippen LogP contribution in [0.3, 0.4) is 0 Å². The molecule has 0 saturated carbocycles. The summed E-state index contributed by atoms with van der Waals surface area (Å²) < 4.78 is 6.47. The van der Waals surface area contributed by atoms with Crippen LogP contribution >= 0.6 is 15.9 Å². The summed E-state index contributed by atoms with van der Waals surface area (Å²) >= 11 is 3.44. The van der Waals surface area contributed by atoms with Crippen molar-refractivity contribution in [3.05, 3.63) is 34.3 Å². The molecule has 2 N–H and O–H groups in total. The van der Waals surface area contributed by atoms with E-state index in [-0.39, 0.29) is 11.6 Å². The van der Waals surface area contributed by atoms with E-state index in [4.69, 9.17) is 4.74 Å². The fourth-order valence-corrected chi connectivity index (χ4v) is 2.55. The molecule has 4 nitrogen and oxygen atoms in total. The Morgan fingerprint density at radius 2 is 1.70 bits per heavy atom. The molecule has 1 rings (SSSR count). The minimum absolute atomic E-state index is 0.294. The van der Waals surface area contributed by atoms with Gasteiger partial charge in [-0.25, -0.2) is 4.79 Å². The summed E-state index contributed by atoms with van der Waals surface area (Å²) in [5.41, 5.74) is 0.437. The first-order valence-electron chi connectivity index (χ1n) is 8.16. The molecule has 0 aromatic heterocycles. The van der Waals surface area contributed by atoms with E-state index < -0.39 is 5.60 Å². The van der Waals surface area contributed by atoms with Gasteiger partial charge in [-0.05, 0) is 51.3 Å². The van der Waals surface area contributed by atoms with Crippen LogP contribution in [0.1, 0.15) is 53.0 Å². The van der Waals surface area contributed by atoms with E-state index in [0.717, 1.165) is 23.9 Å². The summed E-state index contributed by atoms with van der Waals surface area (Å²) in [4.78, 5) is 12.1. The van der Waals surface area contributed by atoms with Gasteiger partial charge in [-0.2, -0.15) is 0 Å². The molecule has 130 valence electrons. The number of rotatable bonds is 7. The van der Waals surface area contributed by atoms with Crippen molar-refractivity contribution in [1.29, 1.82) is 0 Å². The molecule has 0 aliphatic carbocycles. The van der Waals surface area contributed by atoms with Crippen molar-refractivity contribution < 1.29 is 9.53 Å². The predicted octanol–water partition coefficient (Wildman–Crippen LogP) is 4.62. The number of alkyl carbamates (subject to hydrolysis) is 1. The lowest BCUT2D eigenvalue weighted by Gasteiger charge is -2.34. The van der Waals surface area contributed by atoms with Gasteiger partial charge in [0.25, 0.3) is 0 Å². The van der Waals surface area contributed by atoms with Crippen molar-refractivity contribution in [3.8, 4) is 0 Å². The number of hydrogen-bond donors (Lipinski definition) is 2. The average molecular weight is 385 g/mol. The Hall–Kier alpha value is -1.07. The maximum atomic E-state index is 12.1. The van der Waals surface area contributed by atoms with Crippen LogP contribution in [0.4, 0.5) is 4.79 Å². The fourth-order valence-electron chi connectivity index (χ4n) is 2.29. The first-order chi connectivity index (χ1) is 10.7. The quantitative estimate of drug-likeness (QED) is 0.720. The van der Waals surface area contributed by atoms with Crippen LogP contribution in [0.25, 0.3) is 0 Å². The molecule has 0 radical (unpaired) electrons. The van der Waals surface area contributed by atoms with E-state index in [9.17, 15) is 4.79 Å². The highest BCUT2D eigenvalue weighted by molar-refractivity contribution is 9.10. The van der Waals surface area contributed by atoms with Crippen LogP contribution < -0.4 is 10.6 Å². The Kier molecular flexibility index (Phi) is 7.55. The largest absolute Gasteiger partial charge is 0.444 e. The summed E-state index contributed by atoms with van der Waals surface area (Å²) in [7, 11) is 0. The molecular formula is C18H29BrN2O2. The molecule has 0 atom stereocenters. The van der Waals surface area contributed by atoms with Gasteiger partial charge in [0.15, 0.2) is 0 Å². The third kappa shape index (κ3) is 7.36. The molecule has 0 heterocycles. The Morgan fingerprint density at radius 3 is 2.17 bits per heavy atom. The SMILES string of the molecule is CCC(CC)(CNCc1ccc(Br)cc1)NC(=O)OC(C)(C)C. The number of halogens is 1. The Labute approximate surface area is 148 Å². The van der Waals surface area contributed by atoms with Gasteiger partial charge in [0.05, 0.1) is 5.54 Å². The monoisotopic (exact) mass is 384 g/mol. The molecule has 23 heavy (non-hydrogen) atoms. The lowest BCUT2D eigenvalue weighted by atomic mass is 9.92. The Morgan fingerprint density at radius 1 is 1.13 bits per heavy atom. The molecule has 1 aromatic carbocycles. The average Bonchev–Trinajstić information content (AvgIpc) is 2.46. The Bertz CT molecular complexity index is 491. The topological polar surface area (TPSA) is 50.4 Å². The van der Waals surface area contributed by atoms with E-state index in [1.54, 1.807) is 0 Å². The molecule has 5 heteroatoms. The van der Waals surface area contributed by atoms with Gasteiger partial charge < -0.3 is 15.4 Å². The second kappa shape index (κ2) is 8.69. The third-order valence-electron chi connectivity index (χ3n) is 3.83. The molecule has 0 bridgehead atoms. The van der Waals surface area contributed by atoms with Gasteiger partial charge in [0.1, 0.15) is 5.60 Å². The van der Waals surface area contributed by atoms with Gasteiger partial charge in [-0.3, -0.25) is 0 Å². The lowest BCUT2D eigenvalue weighted by molar-refractivity contribution is 0.0446. The van der Waals surface area contributed by atoms with Crippen LogP contribution in [0.2, 0.25) is 0 Å². The first kappa shape index (κ1) is 20.0. The number of hydrogen-bond acceptors (Lipinski definition) is 3. The Balaban J connectivity index is 2.58. The van der Waals surface area contributed by atoms with Gasteiger partial charge in [0.2, 0.25) is 0 Å². The van der Waals surface area contributed by atoms with Crippen LogP contribution in [-0.4, -0.2) is 23.8 Å².